The number of benzene rings is 2. The highest BCUT2D eigenvalue weighted by Crippen LogP contribution is 2.41. The van der Waals surface area contributed by atoms with Crippen LogP contribution < -0.4 is 5.32 Å². The number of hydrogen-bond donors (Lipinski definition) is 1. The molecule has 0 bridgehead atoms. The van der Waals surface area contributed by atoms with E-state index in [0.717, 1.165) is 21.1 Å². The zero-order chi connectivity index (χ0) is 13.6. The van der Waals surface area contributed by atoms with Gasteiger partial charge in [0.25, 0.3) is 0 Å². The quantitative estimate of drug-likeness (QED) is 0.648. The van der Waals surface area contributed by atoms with Gasteiger partial charge >= 0.3 is 0 Å². The normalized spacial score (nSPS) is 11.9. The predicted octanol–water partition coefficient (Wildman–Crippen LogP) is 4.74. The molecule has 2 aromatic rings. The van der Waals surface area contributed by atoms with Crippen molar-refractivity contribution in [2.75, 3.05) is 5.32 Å². The van der Waals surface area contributed by atoms with Gasteiger partial charge in [0.1, 0.15) is 0 Å². The standard InChI is InChI=1S/C15H11Br2NO/c1-8(19)18-15-6-10-4-9-5-11(16)2-3-12(9)13(10)7-14(15)17/h2-3,5-7H,4H2,1H3,(H,18,19). The summed E-state index contributed by atoms with van der Waals surface area (Å²) in [5.74, 6) is -0.0566. The van der Waals surface area contributed by atoms with Crippen LogP contribution in [0, 0.1) is 0 Å². The number of anilines is 1. The van der Waals surface area contributed by atoms with Crippen LogP contribution in [0.2, 0.25) is 0 Å². The van der Waals surface area contributed by atoms with E-state index >= 15 is 0 Å². The first-order chi connectivity index (χ1) is 9.04. The number of fused-ring (bicyclic) bond motifs is 3. The van der Waals surface area contributed by atoms with E-state index < -0.39 is 0 Å². The van der Waals surface area contributed by atoms with Gasteiger partial charge in [-0.05, 0) is 68.9 Å². The molecular weight excluding hydrogens is 370 g/mol. The monoisotopic (exact) mass is 379 g/mol. The first kappa shape index (κ1) is 12.9. The Kier molecular flexibility index (Phi) is 3.23. The second-order valence-corrected chi connectivity index (χ2v) is 6.42. The summed E-state index contributed by atoms with van der Waals surface area (Å²) in [6.07, 6.45) is 0.907. The average Bonchev–Trinajstić information content (AvgIpc) is 2.65. The summed E-state index contributed by atoms with van der Waals surface area (Å²) in [5.41, 5.74) is 5.91. The third-order valence-electron chi connectivity index (χ3n) is 3.24. The van der Waals surface area contributed by atoms with Gasteiger partial charge in [0.2, 0.25) is 5.91 Å². The number of carbonyl (C=O) groups is 1. The van der Waals surface area contributed by atoms with Crippen molar-refractivity contribution in [3.8, 4) is 11.1 Å². The lowest BCUT2D eigenvalue weighted by Gasteiger charge is -2.09. The molecule has 0 spiro atoms. The van der Waals surface area contributed by atoms with Crippen molar-refractivity contribution in [2.45, 2.75) is 13.3 Å². The molecule has 0 unspecified atom stereocenters. The molecule has 3 rings (SSSR count). The molecule has 0 heterocycles. The Morgan fingerprint density at radius 2 is 1.84 bits per heavy atom. The maximum atomic E-state index is 11.2. The molecule has 0 fully saturated rings. The fourth-order valence-corrected chi connectivity index (χ4v) is 3.33. The van der Waals surface area contributed by atoms with Crippen molar-refractivity contribution in [3.63, 3.8) is 0 Å². The van der Waals surface area contributed by atoms with Crippen LogP contribution in [0.4, 0.5) is 5.69 Å². The van der Waals surface area contributed by atoms with Crippen LogP contribution in [0.1, 0.15) is 18.1 Å². The van der Waals surface area contributed by atoms with Gasteiger partial charge in [-0.3, -0.25) is 4.79 Å². The second-order valence-electron chi connectivity index (χ2n) is 4.65. The Balaban J connectivity index is 2.10. The molecule has 1 aliphatic carbocycles. The summed E-state index contributed by atoms with van der Waals surface area (Å²) in [6, 6.07) is 10.5. The van der Waals surface area contributed by atoms with E-state index in [0.29, 0.717) is 0 Å². The fourth-order valence-electron chi connectivity index (χ4n) is 2.48. The van der Waals surface area contributed by atoms with E-state index in [1.165, 1.54) is 29.2 Å². The Bertz CT molecular complexity index is 695. The molecule has 1 amide bonds. The van der Waals surface area contributed by atoms with Gasteiger partial charge in [-0.1, -0.05) is 22.0 Å². The third kappa shape index (κ3) is 2.35. The van der Waals surface area contributed by atoms with E-state index in [-0.39, 0.29) is 5.91 Å². The van der Waals surface area contributed by atoms with Gasteiger partial charge in [-0.2, -0.15) is 0 Å². The van der Waals surface area contributed by atoms with E-state index in [1.54, 1.807) is 0 Å². The predicted molar refractivity (Wildman–Crippen MR) is 84.4 cm³/mol. The number of nitrogens with one attached hydrogen (secondary N) is 1. The number of carbonyl (C=O) groups excluding carboxylic acids is 1. The van der Waals surface area contributed by atoms with Crippen LogP contribution in [0.3, 0.4) is 0 Å². The van der Waals surface area contributed by atoms with E-state index in [9.17, 15) is 4.79 Å². The minimum Gasteiger partial charge on any atom is -0.325 e. The van der Waals surface area contributed by atoms with Crippen molar-refractivity contribution in [1.29, 1.82) is 0 Å². The van der Waals surface area contributed by atoms with Crippen LogP contribution >= 0.6 is 31.9 Å². The summed E-state index contributed by atoms with van der Waals surface area (Å²) in [6.45, 7) is 1.52. The molecule has 0 aliphatic heterocycles. The second kappa shape index (κ2) is 4.76. The number of rotatable bonds is 1. The van der Waals surface area contributed by atoms with Crippen molar-refractivity contribution in [1.82, 2.24) is 0 Å². The maximum Gasteiger partial charge on any atom is 0.221 e. The van der Waals surface area contributed by atoms with Crippen molar-refractivity contribution in [2.24, 2.45) is 0 Å². The Morgan fingerprint density at radius 3 is 2.58 bits per heavy atom. The topological polar surface area (TPSA) is 29.1 Å². The van der Waals surface area contributed by atoms with Gasteiger partial charge < -0.3 is 5.32 Å². The molecule has 19 heavy (non-hydrogen) atoms. The van der Waals surface area contributed by atoms with Crippen molar-refractivity contribution in [3.05, 3.63) is 50.4 Å². The molecule has 0 aromatic heterocycles. The SMILES string of the molecule is CC(=O)Nc1cc2c(cc1Br)-c1ccc(Br)cc1C2. The lowest BCUT2D eigenvalue weighted by Crippen LogP contribution is -2.06. The zero-order valence-electron chi connectivity index (χ0n) is 10.3. The van der Waals surface area contributed by atoms with Gasteiger partial charge in [-0.15, -0.1) is 0 Å². The summed E-state index contributed by atoms with van der Waals surface area (Å²) in [4.78, 5) is 11.2. The van der Waals surface area contributed by atoms with Crippen LogP contribution in [-0.4, -0.2) is 5.91 Å². The van der Waals surface area contributed by atoms with Gasteiger partial charge in [0.15, 0.2) is 0 Å². The molecule has 0 atom stereocenters. The molecule has 0 saturated carbocycles. The summed E-state index contributed by atoms with van der Waals surface area (Å²) < 4.78 is 2.01. The molecule has 0 saturated heterocycles. The Hall–Kier alpha value is -1.13. The molecule has 0 radical (unpaired) electrons. The highest BCUT2D eigenvalue weighted by atomic mass is 79.9. The summed E-state index contributed by atoms with van der Waals surface area (Å²) in [7, 11) is 0. The lowest BCUT2D eigenvalue weighted by molar-refractivity contribution is -0.114. The van der Waals surface area contributed by atoms with E-state index in [2.05, 4.69) is 67.5 Å². The molecule has 2 nitrogen and oxygen atoms in total. The molecular formula is C15H11Br2NO. The van der Waals surface area contributed by atoms with E-state index in [1.807, 2.05) is 0 Å². The van der Waals surface area contributed by atoms with E-state index in [4.69, 9.17) is 0 Å². The summed E-state index contributed by atoms with van der Waals surface area (Å²) in [5, 5.41) is 2.85. The first-order valence-electron chi connectivity index (χ1n) is 5.93. The smallest absolute Gasteiger partial charge is 0.221 e. The lowest BCUT2D eigenvalue weighted by atomic mass is 10.1. The van der Waals surface area contributed by atoms with Gasteiger partial charge in [-0.25, -0.2) is 0 Å². The first-order valence-corrected chi connectivity index (χ1v) is 7.52. The molecule has 2 aromatic carbocycles. The fraction of sp³-hybridized carbons (Fsp3) is 0.133. The van der Waals surface area contributed by atoms with Crippen LogP contribution in [-0.2, 0) is 11.2 Å². The highest BCUT2D eigenvalue weighted by molar-refractivity contribution is 9.10. The molecule has 1 N–H and O–H groups in total. The number of halogens is 2. The van der Waals surface area contributed by atoms with Crippen LogP contribution in [0.5, 0.6) is 0 Å². The van der Waals surface area contributed by atoms with Crippen molar-refractivity contribution < 1.29 is 4.79 Å². The van der Waals surface area contributed by atoms with Crippen LogP contribution in [0.15, 0.2) is 39.3 Å². The Morgan fingerprint density at radius 1 is 1.11 bits per heavy atom. The van der Waals surface area contributed by atoms with Gasteiger partial charge in [0.05, 0.1) is 5.69 Å². The number of hydrogen-bond acceptors (Lipinski definition) is 1. The Labute approximate surface area is 128 Å². The zero-order valence-corrected chi connectivity index (χ0v) is 13.4. The molecule has 4 heteroatoms. The highest BCUT2D eigenvalue weighted by Gasteiger charge is 2.20. The minimum atomic E-state index is -0.0566. The number of amides is 1. The maximum absolute atomic E-state index is 11.2. The molecule has 96 valence electrons. The molecule has 1 aliphatic rings. The third-order valence-corrected chi connectivity index (χ3v) is 4.39. The van der Waals surface area contributed by atoms with Gasteiger partial charge in [0, 0.05) is 15.9 Å². The van der Waals surface area contributed by atoms with Crippen molar-refractivity contribution >= 4 is 43.5 Å². The average molecular weight is 381 g/mol. The minimum absolute atomic E-state index is 0.0566. The van der Waals surface area contributed by atoms with Crippen LogP contribution in [0.25, 0.3) is 11.1 Å². The summed E-state index contributed by atoms with van der Waals surface area (Å²) >= 11 is 7.03. The largest absolute Gasteiger partial charge is 0.325 e.